The van der Waals surface area contributed by atoms with E-state index in [0.29, 0.717) is 19.4 Å². The van der Waals surface area contributed by atoms with E-state index in [1.807, 2.05) is 0 Å². The number of hydrogen-bond donors (Lipinski definition) is 0. The quantitative estimate of drug-likeness (QED) is 0.547. The number of hydrogen-bond acceptors (Lipinski definition) is 5. The molecule has 7 atom stereocenters. The minimum Gasteiger partial charge on any atom is -0.468 e. The van der Waals surface area contributed by atoms with Crippen molar-refractivity contribution in [3.63, 3.8) is 0 Å². The molecule has 9 heteroatoms. The Labute approximate surface area is 149 Å². The first-order chi connectivity index (χ1) is 12.4. The van der Waals surface area contributed by atoms with Gasteiger partial charge in [0.25, 0.3) is 0 Å². The number of alkyl halides is 4. The van der Waals surface area contributed by atoms with Crippen molar-refractivity contribution in [1.29, 1.82) is 0 Å². The minimum absolute atomic E-state index is 0.0457. The lowest BCUT2D eigenvalue weighted by Gasteiger charge is -2.37. The van der Waals surface area contributed by atoms with E-state index in [4.69, 9.17) is 9.47 Å². The fourth-order valence-electron chi connectivity index (χ4n) is 5.40. The molecule has 4 fully saturated rings. The van der Waals surface area contributed by atoms with Crippen LogP contribution >= 0.6 is 0 Å². The summed E-state index contributed by atoms with van der Waals surface area (Å²) in [5.74, 6) is -0.815. The molecule has 0 aromatic heterocycles. The zero-order chi connectivity index (χ0) is 18.7. The maximum atomic E-state index is 14.5. The summed E-state index contributed by atoms with van der Waals surface area (Å²) >= 11 is 0. The van der Waals surface area contributed by atoms with Crippen molar-refractivity contribution in [2.45, 2.75) is 67.7 Å². The highest BCUT2D eigenvalue weighted by Gasteiger charge is 2.66. The Morgan fingerprint density at radius 1 is 1.12 bits per heavy atom. The largest absolute Gasteiger partial charge is 0.468 e. The van der Waals surface area contributed by atoms with E-state index in [-0.39, 0.29) is 26.1 Å². The van der Waals surface area contributed by atoms with E-state index in [0.717, 1.165) is 13.5 Å². The number of carbonyl (C=O) groups is 1. The molecule has 0 saturated carbocycles. The van der Waals surface area contributed by atoms with Crippen LogP contribution in [0.3, 0.4) is 0 Å². The molecule has 0 spiro atoms. The van der Waals surface area contributed by atoms with Crippen LogP contribution in [0.25, 0.3) is 0 Å². The van der Waals surface area contributed by atoms with Gasteiger partial charge in [-0.05, 0) is 32.2 Å². The number of halogens is 4. The predicted molar refractivity (Wildman–Crippen MR) is 83.5 cm³/mol. The molecular formula is C17H24F4N2O3. The van der Waals surface area contributed by atoms with Crippen molar-refractivity contribution in [1.82, 2.24) is 9.80 Å². The smallest absolute Gasteiger partial charge is 0.329 e. The zero-order valence-electron chi connectivity index (χ0n) is 14.7. The third-order valence-corrected chi connectivity index (χ3v) is 6.74. The van der Waals surface area contributed by atoms with Crippen LogP contribution in [0.4, 0.5) is 17.6 Å². The first kappa shape index (κ1) is 18.4. The lowest BCUT2D eigenvalue weighted by atomic mass is 9.92. The van der Waals surface area contributed by atoms with Gasteiger partial charge in [0.05, 0.1) is 19.3 Å². The Hall–Kier alpha value is -0.930. The summed E-state index contributed by atoms with van der Waals surface area (Å²) in [7, 11) is 1.14. The van der Waals surface area contributed by atoms with Crippen LogP contribution < -0.4 is 0 Å². The molecule has 7 unspecified atom stereocenters. The summed E-state index contributed by atoms with van der Waals surface area (Å²) in [5.41, 5.74) is -2.70. The monoisotopic (exact) mass is 380 g/mol. The highest BCUT2D eigenvalue weighted by Crippen LogP contribution is 2.48. The Bertz CT molecular complexity index is 580. The second kappa shape index (κ2) is 6.31. The number of carbonyl (C=O) groups excluding carboxylic acids is 1. The van der Waals surface area contributed by atoms with Crippen LogP contribution in [0.1, 0.15) is 25.7 Å². The summed E-state index contributed by atoms with van der Waals surface area (Å²) in [4.78, 5) is 15.4. The molecule has 0 N–H and O–H groups in total. The highest BCUT2D eigenvalue weighted by atomic mass is 19.2. The van der Waals surface area contributed by atoms with E-state index >= 15 is 0 Å². The van der Waals surface area contributed by atoms with Crippen molar-refractivity contribution >= 4 is 5.97 Å². The molecule has 0 aliphatic carbocycles. The van der Waals surface area contributed by atoms with Gasteiger partial charge in [-0.3, -0.25) is 9.80 Å². The maximum absolute atomic E-state index is 14.5. The van der Waals surface area contributed by atoms with E-state index in [1.54, 1.807) is 4.90 Å². The van der Waals surface area contributed by atoms with Gasteiger partial charge in [-0.15, -0.1) is 0 Å². The molecule has 26 heavy (non-hydrogen) atoms. The molecule has 0 bridgehead atoms. The number of methoxy groups -OCH3 is 1. The Kier molecular flexibility index (Phi) is 4.47. The Morgan fingerprint density at radius 3 is 2.58 bits per heavy atom. The molecule has 4 heterocycles. The summed E-state index contributed by atoms with van der Waals surface area (Å²) in [6.45, 7) is 0.331. The zero-order valence-corrected chi connectivity index (χ0v) is 14.7. The molecule has 4 aliphatic heterocycles. The minimum atomic E-state index is -1.99. The fraction of sp³-hybridized carbons (Fsp3) is 0.941. The van der Waals surface area contributed by atoms with Gasteiger partial charge in [0, 0.05) is 13.1 Å². The first-order valence-electron chi connectivity index (χ1n) is 9.15. The van der Waals surface area contributed by atoms with Gasteiger partial charge in [0.15, 0.2) is 17.9 Å². The van der Waals surface area contributed by atoms with Crippen molar-refractivity contribution in [2.75, 3.05) is 33.4 Å². The molecule has 0 amide bonds. The number of esters is 1. The Morgan fingerprint density at radius 2 is 1.85 bits per heavy atom. The van der Waals surface area contributed by atoms with E-state index in [1.165, 1.54) is 4.90 Å². The molecule has 148 valence electrons. The number of nitrogens with zero attached hydrogens (tertiary/aromatic N) is 2. The van der Waals surface area contributed by atoms with Crippen molar-refractivity contribution in [2.24, 2.45) is 0 Å². The van der Waals surface area contributed by atoms with Gasteiger partial charge in [0.1, 0.15) is 18.6 Å². The van der Waals surface area contributed by atoms with Gasteiger partial charge in [0.2, 0.25) is 0 Å². The second-order valence-corrected chi connectivity index (χ2v) is 7.86. The third-order valence-electron chi connectivity index (χ3n) is 6.74. The van der Waals surface area contributed by atoms with Crippen LogP contribution in [0.15, 0.2) is 0 Å². The number of rotatable bonds is 4. The molecule has 4 rings (SSSR count). The van der Waals surface area contributed by atoms with Gasteiger partial charge in [-0.1, -0.05) is 0 Å². The first-order valence-corrected chi connectivity index (χ1v) is 9.15. The lowest BCUT2D eigenvalue weighted by molar-refractivity contribution is -0.162. The van der Waals surface area contributed by atoms with Crippen LogP contribution in [0, 0.1) is 0 Å². The molecule has 0 aromatic rings. The normalized spacial score (nSPS) is 48.7. The SMILES string of the molecule is COC(=O)C12CCC(OCC34CCCN3CC(F)C4F)N1CC(F)C2F. The van der Waals surface area contributed by atoms with Crippen molar-refractivity contribution in [3.05, 3.63) is 0 Å². The van der Waals surface area contributed by atoms with E-state index in [2.05, 4.69) is 0 Å². The van der Waals surface area contributed by atoms with E-state index < -0.39 is 48.0 Å². The predicted octanol–water partition coefficient (Wildman–Crippen LogP) is 1.55. The van der Waals surface area contributed by atoms with Gasteiger partial charge >= 0.3 is 5.97 Å². The molecule has 4 aliphatic rings. The maximum Gasteiger partial charge on any atom is 0.329 e. The lowest BCUT2D eigenvalue weighted by Crippen LogP contribution is -2.55. The number of fused-ring (bicyclic) bond motifs is 2. The number of ether oxygens (including phenoxy) is 2. The summed E-state index contributed by atoms with van der Waals surface area (Å²) < 4.78 is 67.6. The fourth-order valence-corrected chi connectivity index (χ4v) is 5.40. The van der Waals surface area contributed by atoms with Crippen molar-refractivity contribution < 1.29 is 31.8 Å². The van der Waals surface area contributed by atoms with Crippen LogP contribution in [0.2, 0.25) is 0 Å². The molecular weight excluding hydrogens is 356 g/mol. The molecule has 0 radical (unpaired) electrons. The second-order valence-electron chi connectivity index (χ2n) is 7.86. The van der Waals surface area contributed by atoms with Gasteiger partial charge in [-0.25, -0.2) is 22.4 Å². The summed E-state index contributed by atoms with van der Waals surface area (Å²) in [5, 5.41) is 0. The topological polar surface area (TPSA) is 42.0 Å². The van der Waals surface area contributed by atoms with Crippen LogP contribution in [0.5, 0.6) is 0 Å². The standard InChI is InChI=1S/C17H24F4N2O3/c1-25-15(24)17-5-3-12(23(17)8-11(19)14(17)21)26-9-16-4-2-6-22(16)7-10(18)13(16)20/h10-14H,2-9H2,1H3. The summed E-state index contributed by atoms with van der Waals surface area (Å²) in [6.07, 6.45) is -6.06. The average Bonchev–Trinajstić information content (AvgIpc) is 3.31. The summed E-state index contributed by atoms with van der Waals surface area (Å²) in [6, 6.07) is 0. The van der Waals surface area contributed by atoms with Crippen LogP contribution in [-0.2, 0) is 14.3 Å². The highest BCUT2D eigenvalue weighted by molar-refractivity contribution is 5.83. The average molecular weight is 380 g/mol. The van der Waals surface area contributed by atoms with Gasteiger partial charge < -0.3 is 9.47 Å². The van der Waals surface area contributed by atoms with E-state index in [9.17, 15) is 22.4 Å². The van der Waals surface area contributed by atoms with Crippen LogP contribution in [-0.4, -0.2) is 91.1 Å². The van der Waals surface area contributed by atoms with Crippen molar-refractivity contribution in [3.8, 4) is 0 Å². The molecule has 0 aromatic carbocycles. The Balaban J connectivity index is 1.51. The molecule has 5 nitrogen and oxygen atoms in total. The van der Waals surface area contributed by atoms with Gasteiger partial charge in [-0.2, -0.15) is 0 Å². The molecule has 4 saturated heterocycles. The third kappa shape index (κ3) is 2.29.